The summed E-state index contributed by atoms with van der Waals surface area (Å²) in [6, 6.07) is 33.3. The number of hydrogen-bond donors (Lipinski definition) is 2. The van der Waals surface area contributed by atoms with Crippen LogP contribution in [0.3, 0.4) is 0 Å². The summed E-state index contributed by atoms with van der Waals surface area (Å²) in [6.45, 7) is 4.16. The highest BCUT2D eigenvalue weighted by Gasteiger charge is 2.28. The number of allylic oxidation sites excluding steroid dienone is 2. The zero-order valence-electron chi connectivity index (χ0n) is 25.4. The molecule has 43 heavy (non-hydrogen) atoms. The van der Waals surface area contributed by atoms with E-state index in [9.17, 15) is 5.11 Å². The molecule has 0 aliphatic rings. The monoisotopic (exact) mass is 602 g/mol. The van der Waals surface area contributed by atoms with Gasteiger partial charge in [-0.25, -0.2) is 0 Å². The van der Waals surface area contributed by atoms with Crippen molar-refractivity contribution in [3.8, 4) is 0 Å². The Kier molecular flexibility index (Phi) is 11.3. The lowest BCUT2D eigenvalue weighted by Crippen LogP contribution is -2.58. The number of nitrogens with zero attached hydrogens (tertiary/aromatic N) is 2. The second-order valence-corrected chi connectivity index (χ2v) is 11.5. The standard InChI is InChI=1S/C35H38N2O.ClHO4/c1-26-9-13-28(14-10-26)34(29-15-21-32(22-16-29)36(3)4)8-7-25-35(38,30-17-11-27(2)12-18-30)31-19-23-33(24-20-31)37(5)6;2-1(3,4)5/h7-25,38H,1-6H3;(H,2,3,4,5). The molecule has 0 radical (unpaired) electrons. The number of benzene rings is 4. The molecule has 0 amide bonds. The number of aryl methyl sites for hydroxylation is 2. The van der Waals surface area contributed by atoms with Crippen LogP contribution in [0.4, 0.5) is 11.4 Å². The van der Waals surface area contributed by atoms with Gasteiger partial charge in [0.05, 0.1) is 14.9 Å². The van der Waals surface area contributed by atoms with Crippen molar-refractivity contribution in [2.75, 3.05) is 38.0 Å². The van der Waals surface area contributed by atoms with Crippen molar-refractivity contribution in [1.29, 1.82) is 0 Å². The lowest BCUT2D eigenvalue weighted by Gasteiger charge is -2.27. The largest absolute Gasteiger partial charge is 0.378 e. The Hall–Kier alpha value is -3.95. The van der Waals surface area contributed by atoms with Crippen molar-refractivity contribution >= 4 is 16.9 Å². The number of halogens is 1. The maximum atomic E-state index is 12.1. The average molecular weight is 603 g/mol. The van der Waals surface area contributed by atoms with E-state index in [0.717, 1.165) is 44.8 Å². The molecule has 2 N–H and O–H groups in total. The molecule has 226 valence electrons. The third-order valence-electron chi connectivity index (χ3n) is 6.97. The minimum Gasteiger partial charge on any atom is -0.378 e. The molecule has 0 heterocycles. The summed E-state index contributed by atoms with van der Waals surface area (Å²) in [5.74, 6) is 0. The van der Waals surface area contributed by atoms with Crippen LogP contribution in [-0.4, -0.2) is 38.0 Å². The molecule has 0 bridgehead atoms. The van der Waals surface area contributed by atoms with E-state index in [4.69, 9.17) is 18.6 Å². The molecule has 0 saturated carbocycles. The van der Waals surface area contributed by atoms with Crippen LogP contribution in [0.1, 0.15) is 33.4 Å². The highest BCUT2D eigenvalue weighted by molar-refractivity contribution is 5.81. The van der Waals surface area contributed by atoms with Crippen molar-refractivity contribution in [3.63, 3.8) is 0 Å². The smallest absolute Gasteiger partial charge is 0.133 e. The van der Waals surface area contributed by atoms with Crippen LogP contribution in [0.5, 0.6) is 0 Å². The van der Waals surface area contributed by atoms with E-state index in [2.05, 4.69) is 78.3 Å². The Bertz CT molecular complexity index is 1500. The zero-order chi connectivity index (χ0) is 31.8. The highest BCUT2D eigenvalue weighted by atomic mass is 35.7. The maximum Gasteiger partial charge on any atom is 0.133 e. The summed E-state index contributed by atoms with van der Waals surface area (Å²) >= 11 is 0. The minimum absolute atomic E-state index is 0.823. The van der Waals surface area contributed by atoms with Crippen LogP contribution in [0.2, 0.25) is 0 Å². The molecule has 0 fully saturated rings. The van der Waals surface area contributed by atoms with Crippen molar-refractivity contribution in [1.82, 2.24) is 0 Å². The van der Waals surface area contributed by atoms with Gasteiger partial charge in [-0.1, -0.05) is 96.1 Å². The molecule has 1 unspecified atom stereocenters. The van der Waals surface area contributed by atoms with Gasteiger partial charge in [-0.3, -0.25) is 0 Å². The first-order chi connectivity index (χ1) is 20.2. The maximum absolute atomic E-state index is 12.1. The van der Waals surface area contributed by atoms with Crippen LogP contribution in [0, 0.1) is 24.1 Å². The predicted molar refractivity (Wildman–Crippen MR) is 165 cm³/mol. The molecule has 7 nitrogen and oxygen atoms in total. The summed E-state index contributed by atoms with van der Waals surface area (Å²) < 4.78 is 32.7. The summed E-state index contributed by atoms with van der Waals surface area (Å²) in [4.78, 5) is 4.16. The molecule has 4 aromatic carbocycles. The van der Waals surface area contributed by atoms with Gasteiger partial charge >= 0.3 is 0 Å². The number of aliphatic hydroxyl groups is 1. The van der Waals surface area contributed by atoms with E-state index in [1.165, 1.54) is 5.56 Å². The molecule has 0 saturated heterocycles. The van der Waals surface area contributed by atoms with Gasteiger partial charge in [0.1, 0.15) is 5.60 Å². The predicted octanol–water partition coefficient (Wildman–Crippen LogP) is 3.24. The normalized spacial score (nSPS) is 13.2. The Morgan fingerprint density at radius 3 is 1.35 bits per heavy atom. The first kappa shape index (κ1) is 33.6. The number of anilines is 2. The minimum atomic E-state index is -4.69. The van der Waals surface area contributed by atoms with Gasteiger partial charge in [-0.15, -0.1) is 0 Å². The first-order valence-corrected chi connectivity index (χ1v) is 14.9. The van der Waals surface area contributed by atoms with E-state index in [1.807, 2.05) is 88.9 Å². The molecule has 0 aliphatic carbocycles. The van der Waals surface area contributed by atoms with Gasteiger partial charge in [0.2, 0.25) is 0 Å². The van der Waals surface area contributed by atoms with E-state index in [0.29, 0.717) is 0 Å². The highest BCUT2D eigenvalue weighted by Crippen LogP contribution is 2.33. The van der Waals surface area contributed by atoms with Gasteiger partial charge < -0.3 is 14.9 Å². The zero-order valence-corrected chi connectivity index (χ0v) is 26.1. The fourth-order valence-electron chi connectivity index (χ4n) is 4.50. The van der Waals surface area contributed by atoms with Crippen molar-refractivity contribution in [3.05, 3.63) is 149 Å². The summed E-state index contributed by atoms with van der Waals surface area (Å²) in [7, 11) is 3.43. The molecule has 0 spiro atoms. The van der Waals surface area contributed by atoms with Crippen LogP contribution in [-0.2, 0) is 5.60 Å². The van der Waals surface area contributed by atoms with Gasteiger partial charge in [0.25, 0.3) is 0 Å². The second-order valence-electron chi connectivity index (χ2n) is 10.7. The molecule has 0 aliphatic heterocycles. The van der Waals surface area contributed by atoms with E-state index in [-0.39, 0.29) is 0 Å². The van der Waals surface area contributed by atoms with E-state index in [1.54, 1.807) is 0 Å². The van der Waals surface area contributed by atoms with E-state index < -0.39 is 15.8 Å². The van der Waals surface area contributed by atoms with Crippen LogP contribution >= 0.6 is 0 Å². The Morgan fingerprint density at radius 2 is 0.953 bits per heavy atom. The summed E-state index contributed by atoms with van der Waals surface area (Å²) in [6.07, 6.45) is 5.97. The van der Waals surface area contributed by atoms with Gasteiger partial charge in [0, 0.05) is 39.6 Å². The van der Waals surface area contributed by atoms with Crippen molar-refractivity contribution in [2.24, 2.45) is 0 Å². The lowest BCUT2D eigenvalue weighted by molar-refractivity contribution is -1.92. The van der Waals surface area contributed by atoms with Gasteiger partial charge in [-0.2, -0.15) is 14.0 Å². The Labute approximate surface area is 256 Å². The van der Waals surface area contributed by atoms with E-state index >= 15 is 0 Å². The first-order valence-electron chi connectivity index (χ1n) is 13.6. The summed E-state index contributed by atoms with van der Waals surface area (Å²) in [5.41, 5.74) is 8.36. The molecular weight excluding hydrogens is 564 g/mol. The lowest BCUT2D eigenvalue weighted by atomic mass is 9.85. The Balaban J connectivity index is 0.000000934. The van der Waals surface area contributed by atoms with Crippen LogP contribution in [0.25, 0.3) is 5.57 Å². The average Bonchev–Trinajstić information content (AvgIpc) is 2.95. The van der Waals surface area contributed by atoms with Crippen molar-refractivity contribution in [2.45, 2.75) is 19.4 Å². The third kappa shape index (κ3) is 9.80. The fraction of sp³-hybridized carbons (Fsp3) is 0.200. The summed E-state index contributed by atoms with van der Waals surface area (Å²) in [5, 5.41) is 12.1. The molecule has 4 rings (SSSR count). The number of hydrogen-bond acceptors (Lipinski definition) is 7. The quantitative estimate of drug-likeness (QED) is 0.298. The molecule has 8 heteroatoms. The second kappa shape index (κ2) is 14.5. The van der Waals surface area contributed by atoms with Gasteiger partial charge in [0.15, 0.2) is 0 Å². The molecule has 4 aromatic rings. The third-order valence-corrected chi connectivity index (χ3v) is 6.97. The van der Waals surface area contributed by atoms with Gasteiger partial charge in [-0.05, 0) is 72.0 Å². The topological polar surface area (TPSA) is 116 Å². The molecule has 0 aromatic heterocycles. The number of rotatable bonds is 8. The van der Waals surface area contributed by atoms with Crippen LogP contribution in [0.15, 0.2) is 115 Å². The molecule has 1 atom stereocenters. The Morgan fingerprint density at radius 1 is 0.628 bits per heavy atom. The molecular formula is C35H39ClN2O5. The van der Waals surface area contributed by atoms with Crippen molar-refractivity contribution < 1.29 is 34.0 Å². The fourth-order valence-corrected chi connectivity index (χ4v) is 4.50. The van der Waals surface area contributed by atoms with Crippen LogP contribution < -0.4 is 23.8 Å². The SMILES string of the molecule is Cc1ccc(C(=CC=CC(O)(c2ccc(C)cc2)c2ccc(N(C)C)cc2)c2ccc(N(C)C)cc2)cc1.[O-][Cl+3]([O-])([O-])O.